The highest BCUT2D eigenvalue weighted by molar-refractivity contribution is 5.91. The topological polar surface area (TPSA) is 77.6 Å². The first-order valence-electron chi connectivity index (χ1n) is 10.3. The van der Waals surface area contributed by atoms with Gasteiger partial charge in [0, 0.05) is 11.3 Å². The molecule has 0 amide bonds. The highest BCUT2D eigenvalue weighted by Crippen LogP contribution is 2.42. The van der Waals surface area contributed by atoms with E-state index in [1.807, 2.05) is 66.7 Å². The monoisotopic (exact) mass is 427 g/mol. The number of carbonyl (C=O) groups excluding carboxylic acids is 1. The highest BCUT2D eigenvalue weighted by atomic mass is 16.5. The number of benzene rings is 3. The Balaban J connectivity index is 1.53. The largest absolute Gasteiger partial charge is 0.493 e. The number of rotatable bonds is 5. The molecule has 0 spiro atoms. The third kappa shape index (κ3) is 3.60. The molecular formula is C26H21NO5. The molecule has 0 unspecified atom stereocenters. The van der Waals surface area contributed by atoms with Crippen LogP contribution in [0.2, 0.25) is 0 Å². The summed E-state index contributed by atoms with van der Waals surface area (Å²) in [7, 11) is 1.57. The lowest BCUT2D eigenvalue weighted by Crippen LogP contribution is -2.28. The van der Waals surface area contributed by atoms with Gasteiger partial charge in [-0.1, -0.05) is 48.5 Å². The van der Waals surface area contributed by atoms with Gasteiger partial charge < -0.3 is 19.2 Å². The molecule has 1 aliphatic heterocycles. The van der Waals surface area contributed by atoms with Gasteiger partial charge in [-0.2, -0.15) is 0 Å². The lowest BCUT2D eigenvalue weighted by Gasteiger charge is -2.25. The van der Waals surface area contributed by atoms with Crippen LogP contribution in [0, 0.1) is 0 Å². The fraction of sp³-hybridized carbons (Fsp3) is 0.154. The summed E-state index contributed by atoms with van der Waals surface area (Å²) in [6.07, 6.45) is 0.0712. The van der Waals surface area contributed by atoms with Crippen molar-refractivity contribution in [1.82, 2.24) is 4.98 Å². The quantitative estimate of drug-likeness (QED) is 0.473. The van der Waals surface area contributed by atoms with Gasteiger partial charge >= 0.3 is 5.97 Å². The molecule has 4 aromatic rings. The SMILES string of the molecule is COc1cc([C@H]2CC(=O)Oc3c2c(=O)[nH]c2ccccc32)ccc1OCc1ccccc1. The molecule has 5 rings (SSSR count). The minimum atomic E-state index is -0.448. The second kappa shape index (κ2) is 8.23. The van der Waals surface area contributed by atoms with Crippen LogP contribution in [-0.2, 0) is 11.4 Å². The lowest BCUT2D eigenvalue weighted by molar-refractivity contribution is -0.135. The lowest BCUT2D eigenvalue weighted by atomic mass is 9.86. The van der Waals surface area contributed by atoms with E-state index in [4.69, 9.17) is 14.2 Å². The standard InChI is InChI=1S/C26H21NO5/c1-30-22-13-17(11-12-21(22)31-15-16-7-3-2-4-8-16)19-14-23(28)32-25-18-9-5-6-10-20(18)27-26(29)24(19)25/h2-13,19H,14-15H2,1H3,(H,27,29)/t19-/m1/s1. The van der Waals surface area contributed by atoms with Gasteiger partial charge in [0.25, 0.3) is 5.56 Å². The Kier molecular flexibility index (Phi) is 5.11. The fourth-order valence-corrected chi connectivity index (χ4v) is 4.12. The molecule has 2 heterocycles. The number of carbonyl (C=O) groups is 1. The van der Waals surface area contributed by atoms with Gasteiger partial charge in [-0.05, 0) is 35.4 Å². The molecule has 0 bridgehead atoms. The first-order valence-corrected chi connectivity index (χ1v) is 10.3. The minimum Gasteiger partial charge on any atom is -0.493 e. The maximum absolute atomic E-state index is 12.9. The molecule has 1 aliphatic rings. The second-order valence-electron chi connectivity index (χ2n) is 7.66. The summed E-state index contributed by atoms with van der Waals surface area (Å²) in [6, 6.07) is 22.6. The number of H-pyrrole nitrogens is 1. The van der Waals surface area contributed by atoms with Gasteiger partial charge in [0.2, 0.25) is 0 Å². The number of hydrogen-bond acceptors (Lipinski definition) is 5. The number of aromatic nitrogens is 1. The van der Waals surface area contributed by atoms with Crippen molar-refractivity contribution in [2.45, 2.75) is 18.9 Å². The Hall–Kier alpha value is -4.06. The average Bonchev–Trinajstić information content (AvgIpc) is 2.82. The van der Waals surface area contributed by atoms with Gasteiger partial charge in [0.1, 0.15) is 12.4 Å². The van der Waals surface area contributed by atoms with Crippen LogP contribution in [0.4, 0.5) is 0 Å². The van der Waals surface area contributed by atoms with Crippen LogP contribution in [0.3, 0.4) is 0 Å². The zero-order valence-corrected chi connectivity index (χ0v) is 17.5. The van der Waals surface area contributed by atoms with Gasteiger partial charge in [0.05, 0.1) is 24.6 Å². The third-order valence-corrected chi connectivity index (χ3v) is 5.67. The number of hydrogen-bond donors (Lipinski definition) is 1. The van der Waals surface area contributed by atoms with E-state index in [1.165, 1.54) is 0 Å². The first-order chi connectivity index (χ1) is 15.6. The van der Waals surface area contributed by atoms with Gasteiger partial charge in [-0.15, -0.1) is 0 Å². The van der Waals surface area contributed by atoms with E-state index in [-0.39, 0.29) is 17.9 Å². The van der Waals surface area contributed by atoms with Crippen LogP contribution in [0.5, 0.6) is 17.2 Å². The van der Waals surface area contributed by atoms with Crippen LogP contribution < -0.4 is 19.8 Å². The van der Waals surface area contributed by atoms with E-state index < -0.39 is 5.92 Å². The number of ether oxygens (including phenoxy) is 3. The summed E-state index contributed by atoms with van der Waals surface area (Å²) in [5.41, 5.74) is 2.64. The zero-order valence-electron chi connectivity index (χ0n) is 17.5. The number of esters is 1. The molecule has 0 saturated carbocycles. The molecular weight excluding hydrogens is 406 g/mol. The molecule has 32 heavy (non-hydrogen) atoms. The summed E-state index contributed by atoms with van der Waals surface area (Å²) >= 11 is 0. The summed E-state index contributed by atoms with van der Waals surface area (Å²) < 4.78 is 17.0. The molecule has 0 saturated heterocycles. The number of fused-ring (bicyclic) bond motifs is 3. The predicted molar refractivity (Wildman–Crippen MR) is 120 cm³/mol. The van der Waals surface area contributed by atoms with E-state index in [1.54, 1.807) is 13.2 Å². The van der Waals surface area contributed by atoms with Crippen molar-refractivity contribution in [3.8, 4) is 17.2 Å². The van der Waals surface area contributed by atoms with E-state index in [0.29, 0.717) is 40.3 Å². The normalized spacial score (nSPS) is 15.2. The van der Waals surface area contributed by atoms with E-state index in [9.17, 15) is 9.59 Å². The van der Waals surface area contributed by atoms with Gasteiger partial charge in [-0.25, -0.2) is 0 Å². The Morgan fingerprint density at radius 2 is 1.75 bits per heavy atom. The maximum atomic E-state index is 12.9. The summed E-state index contributed by atoms with van der Waals surface area (Å²) in [5, 5.41) is 0.704. The predicted octanol–water partition coefficient (Wildman–Crippen LogP) is 4.56. The number of para-hydroxylation sites is 1. The van der Waals surface area contributed by atoms with E-state index in [0.717, 1.165) is 11.1 Å². The first kappa shape index (κ1) is 19.9. The van der Waals surface area contributed by atoms with Crippen molar-refractivity contribution in [3.05, 3.63) is 99.8 Å². The van der Waals surface area contributed by atoms with Crippen LogP contribution in [0.25, 0.3) is 10.9 Å². The fourth-order valence-electron chi connectivity index (χ4n) is 4.12. The van der Waals surface area contributed by atoms with Crippen LogP contribution in [-0.4, -0.2) is 18.1 Å². The van der Waals surface area contributed by atoms with Crippen molar-refractivity contribution in [3.63, 3.8) is 0 Å². The molecule has 1 atom stereocenters. The number of aromatic amines is 1. The van der Waals surface area contributed by atoms with Crippen molar-refractivity contribution in [1.29, 1.82) is 0 Å². The Morgan fingerprint density at radius 1 is 0.969 bits per heavy atom. The number of nitrogens with one attached hydrogen (secondary N) is 1. The van der Waals surface area contributed by atoms with E-state index in [2.05, 4.69) is 4.98 Å². The summed E-state index contributed by atoms with van der Waals surface area (Å²) in [4.78, 5) is 28.3. The van der Waals surface area contributed by atoms with Crippen molar-refractivity contribution < 1.29 is 19.0 Å². The third-order valence-electron chi connectivity index (χ3n) is 5.67. The molecule has 0 aliphatic carbocycles. The Labute approximate surface area is 184 Å². The Bertz CT molecular complexity index is 1360. The van der Waals surface area contributed by atoms with Gasteiger partial charge in [0.15, 0.2) is 11.5 Å². The van der Waals surface area contributed by atoms with E-state index >= 15 is 0 Å². The van der Waals surface area contributed by atoms with Gasteiger partial charge in [-0.3, -0.25) is 9.59 Å². The second-order valence-corrected chi connectivity index (χ2v) is 7.66. The van der Waals surface area contributed by atoms with Crippen LogP contribution >= 0.6 is 0 Å². The van der Waals surface area contributed by atoms with Crippen molar-refractivity contribution in [2.75, 3.05) is 7.11 Å². The van der Waals surface area contributed by atoms with Crippen LogP contribution in [0.15, 0.2) is 77.6 Å². The zero-order chi connectivity index (χ0) is 22.1. The molecule has 160 valence electrons. The Morgan fingerprint density at radius 3 is 2.56 bits per heavy atom. The highest BCUT2D eigenvalue weighted by Gasteiger charge is 2.33. The smallest absolute Gasteiger partial charge is 0.312 e. The van der Waals surface area contributed by atoms with Crippen molar-refractivity contribution >= 4 is 16.9 Å². The maximum Gasteiger partial charge on any atom is 0.312 e. The number of methoxy groups -OCH3 is 1. The summed E-state index contributed by atoms with van der Waals surface area (Å²) in [6.45, 7) is 0.404. The summed E-state index contributed by atoms with van der Waals surface area (Å²) in [5.74, 6) is 0.634. The average molecular weight is 427 g/mol. The van der Waals surface area contributed by atoms with Crippen molar-refractivity contribution in [2.24, 2.45) is 0 Å². The molecule has 1 aromatic heterocycles. The molecule has 6 heteroatoms. The minimum absolute atomic E-state index is 0.0712. The number of pyridine rings is 1. The molecule has 6 nitrogen and oxygen atoms in total. The molecule has 1 N–H and O–H groups in total. The van der Waals surface area contributed by atoms with Crippen LogP contribution in [0.1, 0.15) is 29.0 Å². The molecule has 0 fully saturated rings. The molecule has 0 radical (unpaired) electrons. The molecule has 3 aromatic carbocycles.